The Morgan fingerprint density at radius 2 is 1.04 bits per heavy atom. The molecule has 0 aliphatic heterocycles. The van der Waals surface area contributed by atoms with Gasteiger partial charge in [0.15, 0.2) is 0 Å². The van der Waals surface area contributed by atoms with Crippen LogP contribution < -0.4 is 31.9 Å². The fourth-order valence-electron chi connectivity index (χ4n) is 2.33. The fourth-order valence-corrected chi connectivity index (χ4v) is 3.42. The van der Waals surface area contributed by atoms with Crippen LogP contribution in [0.3, 0.4) is 0 Å². The Kier molecular flexibility index (Phi) is 27.3. The van der Waals surface area contributed by atoms with E-state index >= 15 is 0 Å². The third-order valence-electron chi connectivity index (χ3n) is 4.18. The summed E-state index contributed by atoms with van der Waals surface area (Å²) in [5, 5.41) is 19.9. The van der Waals surface area contributed by atoms with Gasteiger partial charge in [-0.1, -0.05) is 13.8 Å². The van der Waals surface area contributed by atoms with Crippen LogP contribution in [0.15, 0.2) is 0 Å². The molecule has 0 saturated carbocycles. The third kappa shape index (κ3) is 19.1. The molecule has 0 aromatic rings. The number of rotatable bonds is 18. The van der Waals surface area contributed by atoms with Gasteiger partial charge in [0.25, 0.3) is 0 Å². The van der Waals surface area contributed by atoms with E-state index in [0.717, 1.165) is 62.3 Å². The van der Waals surface area contributed by atoms with E-state index in [9.17, 15) is 0 Å². The molecule has 0 aliphatic rings. The van der Waals surface area contributed by atoms with Crippen molar-refractivity contribution in [3.8, 4) is 0 Å². The molecular formula is C18H46N6S4. The minimum atomic E-state index is 0.433. The highest BCUT2D eigenvalue weighted by Gasteiger charge is 2.09. The molecule has 172 valence electrons. The number of hydrogen-bond donors (Lipinski definition) is 10. The van der Waals surface area contributed by atoms with Gasteiger partial charge < -0.3 is 31.9 Å². The Labute approximate surface area is 196 Å². The minimum absolute atomic E-state index is 0.433. The average molecular weight is 475 g/mol. The molecule has 4 atom stereocenters. The SMILES string of the molecule is CCNCC(CS)NCC(CS)NCC.CNCC(CS)NCC(CS)NC. The smallest absolute Gasteiger partial charge is 0.0281 e. The predicted octanol–water partition coefficient (Wildman–Crippen LogP) is 0.00340. The summed E-state index contributed by atoms with van der Waals surface area (Å²) < 4.78 is 0. The van der Waals surface area contributed by atoms with Crippen molar-refractivity contribution in [1.82, 2.24) is 31.9 Å². The summed E-state index contributed by atoms with van der Waals surface area (Å²) in [5.41, 5.74) is 0. The number of likely N-dealkylation sites (N-methyl/N-ethyl adjacent to an activating group) is 4. The maximum absolute atomic E-state index is 4.33. The summed E-state index contributed by atoms with van der Waals surface area (Å²) in [6.45, 7) is 10.1. The molecule has 0 amide bonds. The van der Waals surface area contributed by atoms with Crippen LogP contribution in [-0.4, -0.2) is 101 Å². The first kappa shape index (κ1) is 31.3. The van der Waals surface area contributed by atoms with Gasteiger partial charge in [0.2, 0.25) is 0 Å². The highest BCUT2D eigenvalue weighted by molar-refractivity contribution is 7.80. The van der Waals surface area contributed by atoms with Crippen LogP contribution >= 0.6 is 50.5 Å². The molecule has 0 aliphatic carbocycles. The summed E-state index contributed by atoms with van der Waals surface area (Å²) in [7, 11) is 3.91. The van der Waals surface area contributed by atoms with Gasteiger partial charge in [-0.2, -0.15) is 50.5 Å². The second-order valence-electron chi connectivity index (χ2n) is 6.55. The summed E-state index contributed by atoms with van der Waals surface area (Å²) in [6, 6.07) is 1.75. The van der Waals surface area contributed by atoms with Crippen LogP contribution in [0.1, 0.15) is 13.8 Å². The molecule has 6 nitrogen and oxygen atoms in total. The molecule has 0 heterocycles. The maximum Gasteiger partial charge on any atom is 0.0281 e. The van der Waals surface area contributed by atoms with E-state index in [-0.39, 0.29) is 0 Å². The first-order chi connectivity index (χ1) is 13.6. The molecule has 0 aromatic heterocycles. The summed E-state index contributed by atoms with van der Waals surface area (Å²) in [5.74, 6) is 3.42. The van der Waals surface area contributed by atoms with Gasteiger partial charge in [-0.05, 0) is 27.2 Å². The number of thiol groups is 4. The maximum atomic E-state index is 4.33. The highest BCUT2D eigenvalue weighted by atomic mass is 32.1. The van der Waals surface area contributed by atoms with E-state index in [1.165, 1.54) is 0 Å². The molecule has 0 spiro atoms. The van der Waals surface area contributed by atoms with Crippen molar-refractivity contribution in [2.45, 2.75) is 38.0 Å². The molecule has 28 heavy (non-hydrogen) atoms. The summed E-state index contributed by atoms with van der Waals surface area (Å²) in [6.07, 6.45) is 0. The molecule has 4 unspecified atom stereocenters. The third-order valence-corrected chi connectivity index (χ3v) is 5.94. The Morgan fingerprint density at radius 3 is 1.43 bits per heavy atom. The zero-order valence-corrected chi connectivity index (χ0v) is 21.7. The molecule has 0 fully saturated rings. The van der Waals surface area contributed by atoms with Crippen LogP contribution in [0.25, 0.3) is 0 Å². The first-order valence-electron chi connectivity index (χ1n) is 10.2. The quantitative estimate of drug-likeness (QED) is 0.129. The summed E-state index contributed by atoms with van der Waals surface area (Å²) in [4.78, 5) is 0. The van der Waals surface area contributed by atoms with E-state index in [4.69, 9.17) is 0 Å². The number of hydrogen-bond acceptors (Lipinski definition) is 10. The molecule has 6 N–H and O–H groups in total. The Balaban J connectivity index is 0. The topological polar surface area (TPSA) is 72.2 Å². The predicted molar refractivity (Wildman–Crippen MR) is 142 cm³/mol. The van der Waals surface area contributed by atoms with Crippen molar-refractivity contribution in [2.24, 2.45) is 0 Å². The first-order valence-corrected chi connectivity index (χ1v) is 12.8. The van der Waals surface area contributed by atoms with Crippen molar-refractivity contribution in [2.75, 3.05) is 76.4 Å². The van der Waals surface area contributed by atoms with E-state index in [0.29, 0.717) is 24.2 Å². The standard InChI is InChI=1S/C10H25N3S2.C8H21N3S2/c1-3-11-5-9(7-14)13-6-10(8-15)12-4-2;1-9-3-8(6-13)11-4-7(5-12)10-2/h9-15H,3-8H2,1-2H3;7-13H,3-6H2,1-2H3. The van der Waals surface area contributed by atoms with Crippen molar-refractivity contribution < 1.29 is 0 Å². The lowest BCUT2D eigenvalue weighted by molar-refractivity contribution is 0.461. The molecule has 10 heteroatoms. The van der Waals surface area contributed by atoms with Gasteiger partial charge >= 0.3 is 0 Å². The van der Waals surface area contributed by atoms with Crippen LogP contribution in [0.2, 0.25) is 0 Å². The zero-order valence-electron chi connectivity index (χ0n) is 18.2. The van der Waals surface area contributed by atoms with Gasteiger partial charge in [-0.25, -0.2) is 0 Å². The lowest BCUT2D eigenvalue weighted by atomic mass is 10.2. The largest absolute Gasteiger partial charge is 0.318 e. The lowest BCUT2D eigenvalue weighted by Gasteiger charge is -2.21. The van der Waals surface area contributed by atoms with Crippen LogP contribution in [-0.2, 0) is 0 Å². The zero-order chi connectivity index (χ0) is 21.6. The Morgan fingerprint density at radius 1 is 0.571 bits per heavy atom. The molecule has 0 radical (unpaired) electrons. The van der Waals surface area contributed by atoms with Gasteiger partial charge in [0, 0.05) is 73.4 Å². The van der Waals surface area contributed by atoms with E-state index in [1.807, 2.05) is 14.1 Å². The van der Waals surface area contributed by atoms with Crippen LogP contribution in [0.4, 0.5) is 0 Å². The number of nitrogens with one attached hydrogen (secondary N) is 6. The highest BCUT2D eigenvalue weighted by Crippen LogP contribution is 1.91. The molecule has 0 saturated heterocycles. The van der Waals surface area contributed by atoms with Gasteiger partial charge in [0.1, 0.15) is 0 Å². The summed E-state index contributed by atoms with van der Waals surface area (Å²) >= 11 is 17.2. The molecule has 0 aromatic carbocycles. The molecular weight excluding hydrogens is 429 g/mol. The van der Waals surface area contributed by atoms with Crippen molar-refractivity contribution >= 4 is 50.5 Å². The minimum Gasteiger partial charge on any atom is -0.318 e. The van der Waals surface area contributed by atoms with E-state index in [2.05, 4.69) is 96.3 Å². The van der Waals surface area contributed by atoms with Crippen molar-refractivity contribution in [3.63, 3.8) is 0 Å². The normalized spacial score (nSPS) is 15.4. The van der Waals surface area contributed by atoms with Gasteiger partial charge in [-0.15, -0.1) is 0 Å². The fraction of sp³-hybridized carbons (Fsp3) is 1.00. The Bertz CT molecular complexity index is 301. The van der Waals surface area contributed by atoms with Crippen molar-refractivity contribution in [1.29, 1.82) is 0 Å². The molecule has 0 rings (SSSR count). The van der Waals surface area contributed by atoms with Crippen molar-refractivity contribution in [3.05, 3.63) is 0 Å². The monoisotopic (exact) mass is 474 g/mol. The van der Waals surface area contributed by atoms with E-state index < -0.39 is 0 Å². The van der Waals surface area contributed by atoms with Gasteiger partial charge in [0.05, 0.1) is 0 Å². The van der Waals surface area contributed by atoms with Crippen LogP contribution in [0.5, 0.6) is 0 Å². The van der Waals surface area contributed by atoms with E-state index in [1.54, 1.807) is 0 Å². The average Bonchev–Trinajstić information content (AvgIpc) is 2.73. The Hall–Kier alpha value is 1.16. The lowest BCUT2D eigenvalue weighted by Crippen LogP contribution is -2.47. The second kappa shape index (κ2) is 24.4. The molecule has 0 bridgehead atoms. The second-order valence-corrected chi connectivity index (χ2v) is 8.01. The van der Waals surface area contributed by atoms with Gasteiger partial charge in [-0.3, -0.25) is 0 Å². The van der Waals surface area contributed by atoms with Crippen LogP contribution in [0, 0.1) is 0 Å².